The van der Waals surface area contributed by atoms with Crippen molar-refractivity contribution in [3.05, 3.63) is 99.9 Å². The Morgan fingerprint density at radius 3 is 2.53 bits per heavy atom. The minimum absolute atomic E-state index is 0.0315. The van der Waals surface area contributed by atoms with Crippen LogP contribution in [0.25, 0.3) is 28.3 Å². The number of carbonyl (C=O) groups is 1. The molecule has 1 saturated heterocycles. The Morgan fingerprint density at radius 1 is 0.977 bits per heavy atom. The summed E-state index contributed by atoms with van der Waals surface area (Å²) >= 11 is 0. The van der Waals surface area contributed by atoms with Gasteiger partial charge in [-0.15, -0.1) is 0 Å². The number of nitrogens with zero attached hydrogens (tertiary/aromatic N) is 7. The number of rotatable bonds is 7. The molecule has 11 nitrogen and oxygen atoms in total. The molecule has 43 heavy (non-hydrogen) atoms. The van der Waals surface area contributed by atoms with Crippen LogP contribution in [0.2, 0.25) is 0 Å². The number of ether oxygens (including phenoxy) is 1. The molecule has 0 radical (unpaired) electrons. The van der Waals surface area contributed by atoms with E-state index in [0.29, 0.717) is 47.2 Å². The molecule has 1 aromatic carbocycles. The molecule has 0 amide bonds. The molecule has 11 heteroatoms. The van der Waals surface area contributed by atoms with Gasteiger partial charge >= 0.3 is 0 Å². The van der Waals surface area contributed by atoms with Gasteiger partial charge < -0.3 is 15.4 Å². The Bertz CT molecular complexity index is 1870. The number of Topliss-reactive ketones (excluding diaryl/α,β-unsaturated/α-hetero) is 1. The van der Waals surface area contributed by atoms with Gasteiger partial charge in [-0.25, -0.2) is 19.6 Å². The van der Waals surface area contributed by atoms with E-state index in [2.05, 4.69) is 19.9 Å². The number of hydrogen-bond acceptors (Lipinski definition) is 9. The fourth-order valence-corrected chi connectivity index (χ4v) is 5.29. The molecule has 1 fully saturated rings. The summed E-state index contributed by atoms with van der Waals surface area (Å²) < 4.78 is 8.70. The van der Waals surface area contributed by atoms with E-state index >= 15 is 0 Å². The third-order valence-corrected chi connectivity index (χ3v) is 7.69. The summed E-state index contributed by atoms with van der Waals surface area (Å²) in [6.45, 7) is 6.64. The summed E-state index contributed by atoms with van der Waals surface area (Å²) in [4.78, 5) is 47.1. The van der Waals surface area contributed by atoms with Gasteiger partial charge in [0.05, 0.1) is 36.5 Å². The van der Waals surface area contributed by atoms with Crippen LogP contribution in [-0.2, 0) is 18.2 Å². The molecular formula is C32H32N8O3. The molecule has 2 N–H and O–H groups in total. The maximum atomic E-state index is 13.4. The van der Waals surface area contributed by atoms with E-state index in [-0.39, 0.29) is 29.1 Å². The number of nitrogen functional groups attached to an aromatic ring is 1. The number of ketones is 1. The fourth-order valence-electron chi connectivity index (χ4n) is 5.29. The highest BCUT2D eigenvalue weighted by molar-refractivity contribution is 5.98. The van der Waals surface area contributed by atoms with Gasteiger partial charge in [-0.05, 0) is 55.3 Å². The van der Waals surface area contributed by atoms with Gasteiger partial charge in [0.15, 0.2) is 11.6 Å². The lowest BCUT2D eigenvalue weighted by molar-refractivity contribution is 0.0991. The van der Waals surface area contributed by atoms with Crippen molar-refractivity contribution in [2.45, 2.75) is 20.3 Å². The first kappa shape index (κ1) is 28.0. The highest BCUT2D eigenvalue weighted by Gasteiger charge is 2.23. The molecule has 0 aliphatic carbocycles. The zero-order valence-corrected chi connectivity index (χ0v) is 24.3. The van der Waals surface area contributed by atoms with Gasteiger partial charge in [-0.2, -0.15) is 0 Å². The van der Waals surface area contributed by atoms with E-state index in [9.17, 15) is 9.59 Å². The molecule has 6 rings (SSSR count). The van der Waals surface area contributed by atoms with Crippen LogP contribution in [0, 0.1) is 13.8 Å². The first-order valence-electron chi connectivity index (χ1n) is 14.1. The lowest BCUT2D eigenvalue weighted by Gasteiger charge is -2.27. The van der Waals surface area contributed by atoms with E-state index in [4.69, 9.17) is 15.5 Å². The van der Waals surface area contributed by atoms with Crippen LogP contribution in [0.4, 0.5) is 11.6 Å². The van der Waals surface area contributed by atoms with Crippen molar-refractivity contribution >= 4 is 17.4 Å². The normalized spacial score (nSPS) is 13.3. The van der Waals surface area contributed by atoms with Crippen molar-refractivity contribution in [2.75, 3.05) is 36.9 Å². The summed E-state index contributed by atoms with van der Waals surface area (Å²) in [7, 11) is 1.78. The lowest BCUT2D eigenvalue weighted by atomic mass is 10.0. The molecule has 1 aliphatic heterocycles. The first-order chi connectivity index (χ1) is 20.8. The summed E-state index contributed by atoms with van der Waals surface area (Å²) in [5.41, 5.74) is 11.5. The van der Waals surface area contributed by atoms with Crippen LogP contribution in [0.1, 0.15) is 27.2 Å². The largest absolute Gasteiger partial charge is 0.382 e. The molecule has 0 unspecified atom stereocenters. The molecule has 0 saturated carbocycles. The third kappa shape index (κ3) is 5.54. The van der Waals surface area contributed by atoms with Crippen LogP contribution in [0.15, 0.2) is 71.9 Å². The van der Waals surface area contributed by atoms with Gasteiger partial charge in [0.25, 0.3) is 5.56 Å². The predicted molar refractivity (Wildman–Crippen MR) is 164 cm³/mol. The quantitative estimate of drug-likeness (QED) is 0.289. The highest BCUT2D eigenvalue weighted by Crippen LogP contribution is 2.27. The van der Waals surface area contributed by atoms with Crippen molar-refractivity contribution in [2.24, 2.45) is 7.05 Å². The standard InChI is InChI=1S/C32H32N8O3/c1-20-5-4-6-24(15-20)40-32(42)29(21(2)38(40)3)27(41)16-22-7-8-25(35-18-22)30-31(33)36-19-26(37-30)23-9-10-34-28(17-23)39-11-13-43-14-12-39/h4-10,15,17-19H,11-14,16H2,1-3H3,(H2,33,36). The topological polar surface area (TPSA) is 134 Å². The predicted octanol–water partition coefficient (Wildman–Crippen LogP) is 3.55. The molecule has 218 valence electrons. The van der Waals surface area contributed by atoms with Crippen molar-refractivity contribution in [1.29, 1.82) is 0 Å². The number of aromatic nitrogens is 6. The summed E-state index contributed by atoms with van der Waals surface area (Å²) in [6.07, 6.45) is 5.03. The highest BCUT2D eigenvalue weighted by atomic mass is 16.5. The van der Waals surface area contributed by atoms with Crippen LogP contribution < -0.4 is 16.2 Å². The molecule has 5 aromatic rings. The van der Waals surface area contributed by atoms with Crippen molar-refractivity contribution in [3.8, 4) is 28.3 Å². The van der Waals surface area contributed by atoms with E-state index < -0.39 is 0 Å². The van der Waals surface area contributed by atoms with E-state index in [1.807, 2.05) is 43.3 Å². The van der Waals surface area contributed by atoms with Crippen LogP contribution in [0.5, 0.6) is 0 Å². The van der Waals surface area contributed by atoms with E-state index in [0.717, 1.165) is 30.0 Å². The Labute approximate surface area is 248 Å². The van der Waals surface area contributed by atoms with Crippen LogP contribution in [-0.4, -0.2) is 61.4 Å². The van der Waals surface area contributed by atoms with Crippen molar-refractivity contribution in [3.63, 3.8) is 0 Å². The lowest BCUT2D eigenvalue weighted by Crippen LogP contribution is -2.36. The smallest absolute Gasteiger partial charge is 0.282 e. The number of pyridine rings is 2. The summed E-state index contributed by atoms with van der Waals surface area (Å²) in [5.74, 6) is 0.834. The number of hydrogen-bond donors (Lipinski definition) is 1. The third-order valence-electron chi connectivity index (χ3n) is 7.69. The van der Waals surface area contributed by atoms with Gasteiger partial charge in [0, 0.05) is 50.2 Å². The average molecular weight is 577 g/mol. The molecule has 5 heterocycles. The second-order valence-corrected chi connectivity index (χ2v) is 10.6. The van der Waals surface area contributed by atoms with Crippen LogP contribution in [0.3, 0.4) is 0 Å². The number of benzene rings is 1. The average Bonchev–Trinajstić information content (AvgIpc) is 3.25. The van der Waals surface area contributed by atoms with Gasteiger partial charge in [0.2, 0.25) is 0 Å². The molecule has 0 atom stereocenters. The van der Waals surface area contributed by atoms with E-state index in [1.54, 1.807) is 49.4 Å². The Morgan fingerprint density at radius 2 is 1.79 bits per heavy atom. The monoisotopic (exact) mass is 576 g/mol. The minimum Gasteiger partial charge on any atom is -0.382 e. The molecule has 1 aliphatic rings. The molecule has 0 spiro atoms. The Hall–Kier alpha value is -5.16. The van der Waals surface area contributed by atoms with Crippen molar-refractivity contribution in [1.82, 2.24) is 29.3 Å². The first-order valence-corrected chi connectivity index (χ1v) is 14.1. The maximum absolute atomic E-state index is 13.4. The zero-order chi connectivity index (χ0) is 30.1. The summed E-state index contributed by atoms with van der Waals surface area (Å²) in [6, 6.07) is 15.1. The van der Waals surface area contributed by atoms with Gasteiger partial charge in [-0.1, -0.05) is 18.2 Å². The number of aryl methyl sites for hydroxylation is 1. The second kappa shape index (κ2) is 11.6. The maximum Gasteiger partial charge on any atom is 0.282 e. The Balaban J connectivity index is 1.23. The summed E-state index contributed by atoms with van der Waals surface area (Å²) in [5, 5.41) is 0. The van der Waals surface area contributed by atoms with Gasteiger partial charge in [-0.3, -0.25) is 19.3 Å². The van der Waals surface area contributed by atoms with E-state index in [1.165, 1.54) is 4.68 Å². The number of carbonyl (C=O) groups excluding carboxylic acids is 1. The number of anilines is 2. The SMILES string of the molecule is Cc1cccc(-n2c(=O)c(C(=O)Cc3ccc(-c4nc(-c5ccnc(N6CCOCC6)c5)cnc4N)nc3)c(C)n2C)c1. The van der Waals surface area contributed by atoms with Crippen molar-refractivity contribution < 1.29 is 9.53 Å². The molecule has 4 aromatic heterocycles. The van der Waals surface area contributed by atoms with Crippen LogP contribution >= 0.6 is 0 Å². The minimum atomic E-state index is -0.340. The molecule has 0 bridgehead atoms. The molecular weight excluding hydrogens is 544 g/mol. The van der Waals surface area contributed by atoms with Gasteiger partial charge in [0.1, 0.15) is 17.1 Å². The number of nitrogens with two attached hydrogens (primary N) is 1. The zero-order valence-electron chi connectivity index (χ0n) is 24.3. The Kier molecular flexibility index (Phi) is 7.56. The fraction of sp³-hybridized carbons (Fsp3) is 0.250. The number of morpholine rings is 1. The second-order valence-electron chi connectivity index (χ2n) is 10.6.